The molecule has 0 aromatic heterocycles. The molecule has 1 heterocycles. The summed E-state index contributed by atoms with van der Waals surface area (Å²) in [4.78, 5) is 2.81. The van der Waals surface area contributed by atoms with Crippen molar-refractivity contribution in [2.75, 3.05) is 13.1 Å². The standard InChI is InChI=1S/C16H32N2/c1-12(2)15-6-5-7-18(15)16(11-17)9-13(3)8-14(4)10-16/h12-15H,5-11,17H2,1-4H3. The van der Waals surface area contributed by atoms with Gasteiger partial charge in [0.15, 0.2) is 0 Å². The molecule has 1 aliphatic carbocycles. The van der Waals surface area contributed by atoms with Gasteiger partial charge in [0.25, 0.3) is 0 Å². The van der Waals surface area contributed by atoms with Gasteiger partial charge in [0, 0.05) is 18.1 Å². The number of hydrogen-bond donors (Lipinski definition) is 1. The minimum absolute atomic E-state index is 0.308. The normalized spacial score (nSPS) is 42.7. The van der Waals surface area contributed by atoms with Crippen LogP contribution in [0.3, 0.4) is 0 Å². The van der Waals surface area contributed by atoms with Gasteiger partial charge >= 0.3 is 0 Å². The molecule has 1 saturated heterocycles. The molecule has 0 amide bonds. The number of hydrogen-bond acceptors (Lipinski definition) is 2. The summed E-state index contributed by atoms with van der Waals surface area (Å²) in [6, 6.07) is 0.769. The zero-order valence-electron chi connectivity index (χ0n) is 12.8. The van der Waals surface area contributed by atoms with E-state index in [1.54, 1.807) is 0 Å². The van der Waals surface area contributed by atoms with Gasteiger partial charge in [-0.1, -0.05) is 27.7 Å². The van der Waals surface area contributed by atoms with E-state index in [-0.39, 0.29) is 0 Å². The average molecular weight is 252 g/mol. The molecule has 2 fully saturated rings. The topological polar surface area (TPSA) is 29.3 Å². The lowest BCUT2D eigenvalue weighted by atomic mass is 9.70. The van der Waals surface area contributed by atoms with Crippen LogP contribution in [0.25, 0.3) is 0 Å². The van der Waals surface area contributed by atoms with E-state index in [1.165, 1.54) is 38.6 Å². The van der Waals surface area contributed by atoms with Crippen molar-refractivity contribution >= 4 is 0 Å². The van der Waals surface area contributed by atoms with Crippen LogP contribution >= 0.6 is 0 Å². The first kappa shape index (κ1) is 14.3. The van der Waals surface area contributed by atoms with E-state index in [0.717, 1.165) is 30.3 Å². The fourth-order valence-corrected chi connectivity index (χ4v) is 4.83. The quantitative estimate of drug-likeness (QED) is 0.835. The van der Waals surface area contributed by atoms with Crippen molar-refractivity contribution in [2.45, 2.75) is 71.4 Å². The Balaban J connectivity index is 2.20. The Morgan fingerprint density at radius 2 is 1.83 bits per heavy atom. The van der Waals surface area contributed by atoms with Crippen LogP contribution in [0.5, 0.6) is 0 Å². The first-order chi connectivity index (χ1) is 8.48. The fraction of sp³-hybridized carbons (Fsp3) is 1.00. The smallest absolute Gasteiger partial charge is 0.0339 e. The largest absolute Gasteiger partial charge is 0.329 e. The van der Waals surface area contributed by atoms with E-state index in [4.69, 9.17) is 5.73 Å². The van der Waals surface area contributed by atoms with Crippen LogP contribution in [0.1, 0.15) is 59.8 Å². The Hall–Kier alpha value is -0.0800. The molecule has 18 heavy (non-hydrogen) atoms. The minimum Gasteiger partial charge on any atom is -0.329 e. The molecule has 3 atom stereocenters. The highest BCUT2D eigenvalue weighted by molar-refractivity contribution is 5.02. The molecule has 0 aromatic carbocycles. The third-order valence-electron chi connectivity index (χ3n) is 5.32. The molecule has 2 rings (SSSR count). The molecule has 0 aromatic rings. The summed E-state index contributed by atoms with van der Waals surface area (Å²) in [5.74, 6) is 2.44. The lowest BCUT2D eigenvalue weighted by molar-refractivity contribution is -0.00160. The summed E-state index contributed by atoms with van der Waals surface area (Å²) >= 11 is 0. The minimum atomic E-state index is 0.308. The summed E-state index contributed by atoms with van der Waals surface area (Å²) in [6.45, 7) is 11.7. The maximum absolute atomic E-state index is 6.26. The van der Waals surface area contributed by atoms with Crippen molar-refractivity contribution in [3.63, 3.8) is 0 Å². The van der Waals surface area contributed by atoms with Gasteiger partial charge in [0.2, 0.25) is 0 Å². The number of nitrogens with zero attached hydrogens (tertiary/aromatic N) is 1. The van der Waals surface area contributed by atoms with Crippen LogP contribution in [0.4, 0.5) is 0 Å². The zero-order valence-corrected chi connectivity index (χ0v) is 12.8. The van der Waals surface area contributed by atoms with Gasteiger partial charge in [-0.3, -0.25) is 4.90 Å². The van der Waals surface area contributed by atoms with Crippen molar-refractivity contribution in [1.29, 1.82) is 0 Å². The predicted molar refractivity (Wildman–Crippen MR) is 78.5 cm³/mol. The van der Waals surface area contributed by atoms with Crippen LogP contribution in [-0.2, 0) is 0 Å². The third kappa shape index (κ3) is 2.60. The molecule has 2 N–H and O–H groups in total. The van der Waals surface area contributed by atoms with Gasteiger partial charge in [-0.2, -0.15) is 0 Å². The van der Waals surface area contributed by atoms with Crippen LogP contribution in [0, 0.1) is 17.8 Å². The molecule has 1 saturated carbocycles. The first-order valence-electron chi connectivity index (χ1n) is 7.95. The van der Waals surface area contributed by atoms with Crippen LogP contribution in [0.15, 0.2) is 0 Å². The van der Waals surface area contributed by atoms with Gasteiger partial charge in [-0.05, 0) is 56.4 Å². The predicted octanol–water partition coefficient (Wildman–Crippen LogP) is 3.26. The van der Waals surface area contributed by atoms with Crippen LogP contribution < -0.4 is 5.73 Å². The third-order valence-corrected chi connectivity index (χ3v) is 5.32. The number of rotatable bonds is 3. The number of nitrogens with two attached hydrogens (primary N) is 1. The fourth-order valence-electron chi connectivity index (χ4n) is 4.83. The summed E-state index contributed by atoms with van der Waals surface area (Å²) in [5, 5.41) is 0. The van der Waals surface area contributed by atoms with E-state index < -0.39 is 0 Å². The summed E-state index contributed by atoms with van der Waals surface area (Å²) in [7, 11) is 0. The molecule has 1 aliphatic heterocycles. The van der Waals surface area contributed by atoms with Gasteiger partial charge in [-0.15, -0.1) is 0 Å². The monoisotopic (exact) mass is 252 g/mol. The molecular formula is C16H32N2. The first-order valence-corrected chi connectivity index (χ1v) is 7.95. The van der Waals surface area contributed by atoms with E-state index in [9.17, 15) is 0 Å². The van der Waals surface area contributed by atoms with Crippen molar-refractivity contribution in [2.24, 2.45) is 23.5 Å². The van der Waals surface area contributed by atoms with Crippen molar-refractivity contribution in [3.05, 3.63) is 0 Å². The molecule has 0 spiro atoms. The Labute approximate surface area is 113 Å². The van der Waals surface area contributed by atoms with Gasteiger partial charge in [-0.25, -0.2) is 0 Å². The van der Waals surface area contributed by atoms with Crippen molar-refractivity contribution in [3.8, 4) is 0 Å². The average Bonchev–Trinajstić information content (AvgIpc) is 2.76. The maximum atomic E-state index is 6.26. The van der Waals surface area contributed by atoms with E-state index in [2.05, 4.69) is 32.6 Å². The summed E-state index contributed by atoms with van der Waals surface area (Å²) < 4.78 is 0. The Morgan fingerprint density at radius 3 is 2.33 bits per heavy atom. The molecule has 2 nitrogen and oxygen atoms in total. The highest BCUT2D eigenvalue weighted by atomic mass is 15.3. The van der Waals surface area contributed by atoms with Gasteiger partial charge in [0.05, 0.1) is 0 Å². The van der Waals surface area contributed by atoms with Crippen molar-refractivity contribution < 1.29 is 0 Å². The van der Waals surface area contributed by atoms with Gasteiger partial charge in [0.1, 0.15) is 0 Å². The molecule has 0 radical (unpaired) electrons. The van der Waals surface area contributed by atoms with Gasteiger partial charge < -0.3 is 5.73 Å². The van der Waals surface area contributed by atoms with E-state index in [0.29, 0.717) is 5.54 Å². The molecule has 2 heteroatoms. The van der Waals surface area contributed by atoms with E-state index >= 15 is 0 Å². The van der Waals surface area contributed by atoms with Crippen molar-refractivity contribution in [1.82, 2.24) is 4.90 Å². The molecule has 3 unspecified atom stereocenters. The SMILES string of the molecule is CC1CC(C)CC(CN)(N2CCCC2C(C)C)C1. The second-order valence-corrected chi connectivity index (χ2v) is 7.43. The molecule has 106 valence electrons. The highest BCUT2D eigenvalue weighted by Gasteiger charge is 2.46. The van der Waals surface area contributed by atoms with E-state index in [1.807, 2.05) is 0 Å². The van der Waals surface area contributed by atoms with Crippen LogP contribution in [-0.4, -0.2) is 29.6 Å². The highest BCUT2D eigenvalue weighted by Crippen LogP contribution is 2.43. The lowest BCUT2D eigenvalue weighted by Crippen LogP contribution is -2.59. The summed E-state index contributed by atoms with van der Waals surface area (Å²) in [6.07, 6.45) is 6.77. The summed E-state index contributed by atoms with van der Waals surface area (Å²) in [5.41, 5.74) is 6.57. The van der Waals surface area contributed by atoms with Crippen LogP contribution in [0.2, 0.25) is 0 Å². The number of likely N-dealkylation sites (tertiary alicyclic amines) is 1. The molecular weight excluding hydrogens is 220 g/mol. The Morgan fingerprint density at radius 1 is 1.22 bits per heavy atom. The second kappa shape index (κ2) is 5.50. The zero-order chi connectivity index (χ0) is 13.3. The second-order valence-electron chi connectivity index (χ2n) is 7.43. The molecule has 2 aliphatic rings. The lowest BCUT2D eigenvalue weighted by Gasteiger charge is -2.51. The Bertz CT molecular complexity index is 264. The maximum Gasteiger partial charge on any atom is 0.0339 e. The Kier molecular flexibility index (Phi) is 4.38. The molecule has 0 bridgehead atoms.